The van der Waals surface area contributed by atoms with Gasteiger partial charge in [-0.25, -0.2) is 0 Å². The molecule has 2 rings (SSSR count). The minimum Gasteiger partial charge on any atom is -0.490 e. The van der Waals surface area contributed by atoms with E-state index in [-0.39, 0.29) is 6.10 Å². The molecular formula is C15H22N2O2. The summed E-state index contributed by atoms with van der Waals surface area (Å²) in [6.45, 7) is 4.07. The van der Waals surface area contributed by atoms with Gasteiger partial charge in [0.2, 0.25) is 5.91 Å². The van der Waals surface area contributed by atoms with Gasteiger partial charge < -0.3 is 16.2 Å². The maximum absolute atomic E-state index is 11.4. The van der Waals surface area contributed by atoms with Crippen LogP contribution in [0, 0.1) is 13.8 Å². The maximum Gasteiger partial charge on any atom is 0.237 e. The lowest BCUT2D eigenvalue weighted by Gasteiger charge is -2.35. The molecule has 19 heavy (non-hydrogen) atoms. The number of hydrogen-bond acceptors (Lipinski definition) is 3. The smallest absolute Gasteiger partial charge is 0.237 e. The number of rotatable bonds is 3. The Bertz CT molecular complexity index is 487. The van der Waals surface area contributed by atoms with Crippen LogP contribution in [0.25, 0.3) is 0 Å². The van der Waals surface area contributed by atoms with Gasteiger partial charge in [0, 0.05) is 6.42 Å². The van der Waals surface area contributed by atoms with Gasteiger partial charge in [0.15, 0.2) is 0 Å². The van der Waals surface area contributed by atoms with Gasteiger partial charge in [-0.15, -0.1) is 0 Å². The first-order chi connectivity index (χ1) is 8.90. The third kappa shape index (κ3) is 3.07. The summed E-state index contributed by atoms with van der Waals surface area (Å²) in [6, 6.07) is 6.08. The molecule has 1 aliphatic rings. The van der Waals surface area contributed by atoms with Crippen LogP contribution in [0.4, 0.5) is 0 Å². The van der Waals surface area contributed by atoms with Crippen LogP contribution in [-0.2, 0) is 4.79 Å². The molecular weight excluding hydrogens is 240 g/mol. The Balaban J connectivity index is 2.09. The Morgan fingerprint density at radius 1 is 1.42 bits per heavy atom. The first-order valence-corrected chi connectivity index (χ1v) is 6.73. The first kappa shape index (κ1) is 13.9. The van der Waals surface area contributed by atoms with Crippen LogP contribution >= 0.6 is 0 Å². The fourth-order valence-corrected chi connectivity index (χ4v) is 2.69. The standard InChI is InChI=1S/C15H22N2O2/c1-10-5-6-13(11(2)8-10)19-12-4-3-7-15(17,9-12)14(16)18/h5-6,8,12H,3-4,7,9,17H2,1-2H3,(H2,16,18). The normalized spacial score (nSPS) is 27.0. The van der Waals surface area contributed by atoms with Crippen molar-refractivity contribution < 1.29 is 9.53 Å². The number of primary amides is 1. The molecule has 1 fully saturated rings. The minimum absolute atomic E-state index is 0.0346. The van der Waals surface area contributed by atoms with Gasteiger partial charge in [0.1, 0.15) is 11.9 Å². The lowest BCUT2D eigenvalue weighted by atomic mass is 9.80. The molecule has 0 heterocycles. The zero-order chi connectivity index (χ0) is 14.0. The van der Waals surface area contributed by atoms with E-state index in [2.05, 4.69) is 13.0 Å². The second-order valence-corrected chi connectivity index (χ2v) is 5.63. The van der Waals surface area contributed by atoms with Crippen molar-refractivity contribution >= 4 is 5.91 Å². The average molecular weight is 262 g/mol. The lowest BCUT2D eigenvalue weighted by molar-refractivity contribution is -0.125. The highest BCUT2D eigenvalue weighted by Crippen LogP contribution is 2.30. The monoisotopic (exact) mass is 262 g/mol. The third-order valence-electron chi connectivity index (χ3n) is 3.86. The highest BCUT2D eigenvalue weighted by atomic mass is 16.5. The molecule has 4 heteroatoms. The van der Waals surface area contributed by atoms with Gasteiger partial charge in [0.05, 0.1) is 5.54 Å². The van der Waals surface area contributed by atoms with Crippen molar-refractivity contribution in [2.24, 2.45) is 11.5 Å². The van der Waals surface area contributed by atoms with E-state index < -0.39 is 11.4 Å². The predicted octanol–water partition coefficient (Wildman–Crippen LogP) is 1.81. The zero-order valence-corrected chi connectivity index (χ0v) is 11.6. The number of aryl methyl sites for hydroxylation is 2. The second-order valence-electron chi connectivity index (χ2n) is 5.63. The van der Waals surface area contributed by atoms with Crippen molar-refractivity contribution in [2.45, 2.75) is 51.2 Å². The molecule has 1 saturated carbocycles. The summed E-state index contributed by atoms with van der Waals surface area (Å²) in [4.78, 5) is 11.4. The van der Waals surface area contributed by atoms with Crippen LogP contribution < -0.4 is 16.2 Å². The number of hydrogen-bond donors (Lipinski definition) is 2. The van der Waals surface area contributed by atoms with E-state index in [9.17, 15) is 4.79 Å². The topological polar surface area (TPSA) is 78.3 Å². The number of amides is 1. The van der Waals surface area contributed by atoms with E-state index in [1.165, 1.54) is 5.56 Å². The fraction of sp³-hybridized carbons (Fsp3) is 0.533. The number of ether oxygens (including phenoxy) is 1. The van der Waals surface area contributed by atoms with Crippen molar-refractivity contribution in [2.75, 3.05) is 0 Å². The van der Waals surface area contributed by atoms with Crippen LogP contribution in [0.15, 0.2) is 18.2 Å². The molecule has 2 unspecified atom stereocenters. The molecule has 1 aromatic carbocycles. The van der Waals surface area contributed by atoms with Crippen LogP contribution in [0.1, 0.15) is 36.8 Å². The quantitative estimate of drug-likeness (QED) is 0.872. The summed E-state index contributed by atoms with van der Waals surface area (Å²) in [7, 11) is 0. The minimum atomic E-state index is -0.915. The van der Waals surface area contributed by atoms with Crippen LogP contribution in [0.2, 0.25) is 0 Å². The van der Waals surface area contributed by atoms with Crippen molar-refractivity contribution in [1.82, 2.24) is 0 Å². The van der Waals surface area contributed by atoms with E-state index in [1.807, 2.05) is 19.1 Å². The molecule has 1 aromatic rings. The molecule has 0 bridgehead atoms. The van der Waals surface area contributed by atoms with Crippen LogP contribution in [-0.4, -0.2) is 17.6 Å². The second kappa shape index (κ2) is 5.21. The van der Waals surface area contributed by atoms with Crippen LogP contribution in [0.5, 0.6) is 5.75 Å². The molecule has 1 aliphatic carbocycles. The predicted molar refractivity (Wildman–Crippen MR) is 74.9 cm³/mol. The summed E-state index contributed by atoms with van der Waals surface area (Å²) < 4.78 is 6.00. The Morgan fingerprint density at radius 3 is 2.79 bits per heavy atom. The summed E-state index contributed by atoms with van der Waals surface area (Å²) >= 11 is 0. The molecule has 0 radical (unpaired) electrons. The number of carbonyl (C=O) groups is 1. The molecule has 2 atom stereocenters. The molecule has 0 spiro atoms. The third-order valence-corrected chi connectivity index (χ3v) is 3.86. The summed E-state index contributed by atoms with van der Waals surface area (Å²) in [6.07, 6.45) is 2.90. The molecule has 0 saturated heterocycles. The van der Waals surface area contributed by atoms with Gasteiger partial charge in [-0.05, 0) is 44.7 Å². The van der Waals surface area contributed by atoms with Gasteiger partial charge in [-0.3, -0.25) is 4.79 Å². The zero-order valence-electron chi connectivity index (χ0n) is 11.6. The number of carbonyl (C=O) groups excluding carboxylic acids is 1. The highest BCUT2D eigenvalue weighted by Gasteiger charge is 2.38. The van der Waals surface area contributed by atoms with E-state index in [4.69, 9.17) is 16.2 Å². The van der Waals surface area contributed by atoms with Crippen molar-refractivity contribution in [1.29, 1.82) is 0 Å². The van der Waals surface area contributed by atoms with Crippen molar-refractivity contribution in [3.8, 4) is 5.75 Å². The Morgan fingerprint density at radius 2 is 2.16 bits per heavy atom. The van der Waals surface area contributed by atoms with Crippen molar-refractivity contribution in [3.05, 3.63) is 29.3 Å². The molecule has 4 N–H and O–H groups in total. The maximum atomic E-state index is 11.4. The Hall–Kier alpha value is -1.55. The molecule has 104 valence electrons. The molecule has 1 amide bonds. The summed E-state index contributed by atoms with van der Waals surface area (Å²) in [5, 5.41) is 0. The first-order valence-electron chi connectivity index (χ1n) is 6.73. The number of benzene rings is 1. The van der Waals surface area contributed by atoms with Gasteiger partial charge >= 0.3 is 0 Å². The largest absolute Gasteiger partial charge is 0.490 e. The Kier molecular flexibility index (Phi) is 3.80. The number of nitrogens with two attached hydrogens (primary N) is 2. The lowest BCUT2D eigenvalue weighted by Crippen LogP contribution is -2.56. The SMILES string of the molecule is Cc1ccc(OC2CCCC(N)(C(N)=O)C2)c(C)c1. The van der Waals surface area contributed by atoms with E-state index in [1.54, 1.807) is 0 Å². The van der Waals surface area contributed by atoms with Gasteiger partial charge in [0.25, 0.3) is 0 Å². The highest BCUT2D eigenvalue weighted by molar-refractivity contribution is 5.84. The van der Waals surface area contributed by atoms with Crippen molar-refractivity contribution in [3.63, 3.8) is 0 Å². The molecule has 4 nitrogen and oxygen atoms in total. The van der Waals surface area contributed by atoms with Crippen LogP contribution in [0.3, 0.4) is 0 Å². The van der Waals surface area contributed by atoms with Gasteiger partial charge in [-0.2, -0.15) is 0 Å². The van der Waals surface area contributed by atoms with E-state index >= 15 is 0 Å². The van der Waals surface area contributed by atoms with E-state index in [0.717, 1.165) is 24.2 Å². The summed E-state index contributed by atoms with van der Waals surface area (Å²) in [5.74, 6) is 0.436. The molecule has 0 aliphatic heterocycles. The average Bonchev–Trinajstić information content (AvgIpc) is 2.33. The van der Waals surface area contributed by atoms with E-state index in [0.29, 0.717) is 12.8 Å². The fourth-order valence-electron chi connectivity index (χ4n) is 2.69. The summed E-state index contributed by atoms with van der Waals surface area (Å²) in [5.41, 5.74) is 12.8. The van der Waals surface area contributed by atoms with Gasteiger partial charge in [-0.1, -0.05) is 17.7 Å². The Labute approximate surface area is 114 Å². The molecule has 0 aromatic heterocycles.